The van der Waals surface area contributed by atoms with Crippen LogP contribution in [-0.2, 0) is 16.0 Å². The summed E-state index contributed by atoms with van der Waals surface area (Å²) in [5, 5.41) is 24.1. The normalized spacial score (nSPS) is 24.6. The predicted octanol–water partition coefficient (Wildman–Crippen LogP) is 6.89. The van der Waals surface area contributed by atoms with E-state index >= 15 is 8.78 Å². The number of likely N-dealkylation sites (tertiary alicyclic amines) is 1. The van der Waals surface area contributed by atoms with Gasteiger partial charge >= 0.3 is 6.01 Å². The fourth-order valence-corrected chi connectivity index (χ4v) is 13.3. The molecule has 370 valence electrons. The van der Waals surface area contributed by atoms with Crippen molar-refractivity contribution in [1.82, 2.24) is 45.2 Å². The molecule has 3 N–H and O–H groups in total. The summed E-state index contributed by atoms with van der Waals surface area (Å²) in [5.74, 6) is -0.976. The number of phenolic OH excluding ortho intramolecular Hbond substituents is 1. The summed E-state index contributed by atoms with van der Waals surface area (Å²) in [6.45, 7) is 11.0. The van der Waals surface area contributed by atoms with E-state index in [4.69, 9.17) is 14.7 Å². The Morgan fingerprint density at radius 1 is 0.859 bits per heavy atom. The highest BCUT2D eigenvalue weighted by molar-refractivity contribution is 6.02. The highest BCUT2D eigenvalue weighted by Gasteiger charge is 2.51. The van der Waals surface area contributed by atoms with Gasteiger partial charge in [0.05, 0.1) is 23.7 Å². The van der Waals surface area contributed by atoms with E-state index < -0.39 is 11.9 Å². The maximum Gasteiger partial charge on any atom is 0.319 e. The van der Waals surface area contributed by atoms with E-state index in [1.54, 1.807) is 23.0 Å². The summed E-state index contributed by atoms with van der Waals surface area (Å²) in [6.07, 6.45) is 13.9. The molecular formula is C54H61F2N11O4. The Balaban J connectivity index is 0.650. The van der Waals surface area contributed by atoms with Crippen molar-refractivity contribution in [3.63, 3.8) is 0 Å². The molecule has 6 aromatic rings. The molecule has 5 aliphatic heterocycles. The molecular weight excluding hydrogens is 905 g/mol. The number of phenols is 1. The van der Waals surface area contributed by atoms with Crippen LogP contribution in [0.5, 0.6) is 11.8 Å². The third kappa shape index (κ3) is 8.11. The smallest absolute Gasteiger partial charge is 0.319 e. The standard InChI is InChI=1S/C54H61F2N11O4/c1-2-39-42(55)7-3-32-22-38(68)23-40(46(32)39)48-47(56)49-41(27-57-48)50(66-28-34-4-5-35(29-66)59-34)62-52(61-49)71-31-54(11-12-54)30-63-15-13-53(14-16-63)24-37(25-53)65-19-17-64(18-20-65)36-6-8-43-33(21-36)26-58-67(43)44-9-10-45(69)60-51(44)70/h3,6-8,21-23,26-27,34-35,37,44,59,68H,2,4-5,9-20,24-25,28-31H2,1H3,(H,60,69,70). The van der Waals surface area contributed by atoms with Gasteiger partial charge in [-0.25, -0.2) is 8.78 Å². The summed E-state index contributed by atoms with van der Waals surface area (Å²) < 4.78 is 40.7. The molecule has 1 spiro atoms. The fourth-order valence-electron chi connectivity index (χ4n) is 13.3. The highest BCUT2D eigenvalue weighted by Crippen LogP contribution is 2.53. The number of nitrogens with one attached hydrogen (secondary N) is 2. The minimum atomic E-state index is -0.648. The monoisotopic (exact) mass is 965 g/mol. The number of amides is 2. The van der Waals surface area contributed by atoms with Crippen molar-refractivity contribution in [2.45, 2.75) is 102 Å². The molecule has 17 heteroatoms. The Labute approximate surface area is 410 Å². The first kappa shape index (κ1) is 44.9. The summed E-state index contributed by atoms with van der Waals surface area (Å²) in [6, 6.07) is 13.4. The fraction of sp³-hybridized carbons (Fsp3) is 0.519. The number of imide groups is 1. The second kappa shape index (κ2) is 17.3. The summed E-state index contributed by atoms with van der Waals surface area (Å²) in [4.78, 5) is 48.7. The minimum Gasteiger partial charge on any atom is -0.508 e. The molecule has 7 fully saturated rings. The Morgan fingerprint density at radius 3 is 2.39 bits per heavy atom. The molecule has 15 nitrogen and oxygen atoms in total. The SMILES string of the molecule is CCc1c(F)ccc2cc(O)cc(-c3ncc4c(N5CC6CCC(C5)N6)nc(OCC5(CN6CCC7(CC6)CC(N6CCN(c8ccc9c(cnn9C9CCC(=O)NC9=O)c8)CC6)C7)CC5)nc4c3F)c12. The molecule has 71 heavy (non-hydrogen) atoms. The van der Waals surface area contributed by atoms with Gasteiger partial charge < -0.3 is 29.9 Å². The van der Waals surface area contributed by atoms with Gasteiger partial charge in [-0.3, -0.25) is 29.5 Å². The van der Waals surface area contributed by atoms with E-state index in [1.165, 1.54) is 43.5 Å². The molecule has 2 bridgehead atoms. The molecule has 2 aliphatic carbocycles. The number of hydrogen-bond acceptors (Lipinski definition) is 13. The second-order valence-corrected chi connectivity index (χ2v) is 22.0. The number of ether oxygens (including phenoxy) is 1. The van der Waals surface area contributed by atoms with Crippen LogP contribution < -0.4 is 25.2 Å². The first-order valence-electron chi connectivity index (χ1n) is 26.0. The van der Waals surface area contributed by atoms with Crippen LogP contribution in [-0.4, -0.2) is 135 Å². The van der Waals surface area contributed by atoms with Crippen molar-refractivity contribution in [3.8, 4) is 23.0 Å². The molecule has 7 aliphatic rings. The lowest BCUT2D eigenvalue weighted by molar-refractivity contribution is -0.135. The largest absolute Gasteiger partial charge is 0.508 e. The number of benzene rings is 3. The average Bonchev–Trinajstić information content (AvgIpc) is 3.87. The van der Waals surface area contributed by atoms with Crippen molar-refractivity contribution in [1.29, 1.82) is 0 Å². The van der Waals surface area contributed by atoms with E-state index in [0.29, 0.717) is 82.5 Å². The van der Waals surface area contributed by atoms with E-state index in [9.17, 15) is 14.7 Å². The Bertz CT molecular complexity index is 3090. The van der Waals surface area contributed by atoms with Gasteiger partial charge in [-0.15, -0.1) is 0 Å². The number of piperidine rings is 2. The lowest BCUT2D eigenvalue weighted by atomic mass is 9.60. The van der Waals surface area contributed by atoms with E-state index in [0.717, 1.165) is 95.5 Å². The van der Waals surface area contributed by atoms with Crippen molar-refractivity contribution in [3.05, 3.63) is 72.1 Å². The zero-order valence-corrected chi connectivity index (χ0v) is 40.3. The van der Waals surface area contributed by atoms with Gasteiger partial charge in [0.15, 0.2) is 5.82 Å². The van der Waals surface area contributed by atoms with Crippen LogP contribution in [0, 0.1) is 22.5 Å². The molecule has 8 heterocycles. The number of carbonyl (C=O) groups is 2. The van der Waals surface area contributed by atoms with Gasteiger partial charge in [-0.1, -0.05) is 13.0 Å². The van der Waals surface area contributed by atoms with Crippen LogP contribution in [0.4, 0.5) is 20.3 Å². The molecule has 3 unspecified atom stereocenters. The number of nitrogens with zero attached hydrogens (tertiary/aromatic N) is 9. The average molecular weight is 966 g/mol. The van der Waals surface area contributed by atoms with Gasteiger partial charge in [0.2, 0.25) is 5.91 Å². The van der Waals surface area contributed by atoms with E-state index in [-0.39, 0.29) is 46.0 Å². The number of aromatic nitrogens is 5. The number of carbonyl (C=O) groups excluding carboxylic acids is 2. The van der Waals surface area contributed by atoms with Crippen molar-refractivity contribution >= 4 is 55.9 Å². The Morgan fingerprint density at radius 2 is 1.65 bits per heavy atom. The zero-order chi connectivity index (χ0) is 48.2. The Kier molecular flexibility index (Phi) is 11.0. The lowest BCUT2D eigenvalue weighted by Gasteiger charge is -2.56. The molecule has 5 saturated heterocycles. The third-order valence-electron chi connectivity index (χ3n) is 17.5. The first-order chi connectivity index (χ1) is 34.5. The van der Waals surface area contributed by atoms with Crippen LogP contribution in [0.1, 0.15) is 82.7 Å². The molecule has 0 radical (unpaired) electrons. The number of aromatic hydroxyl groups is 1. The molecule has 2 saturated carbocycles. The first-order valence-corrected chi connectivity index (χ1v) is 26.0. The van der Waals surface area contributed by atoms with E-state index in [1.807, 2.05) is 13.1 Å². The van der Waals surface area contributed by atoms with Crippen LogP contribution in [0.2, 0.25) is 0 Å². The maximum absolute atomic E-state index is 17.2. The lowest BCUT2D eigenvalue weighted by Crippen LogP contribution is -2.59. The molecule has 3 aromatic carbocycles. The van der Waals surface area contributed by atoms with Gasteiger partial charge in [0.1, 0.15) is 34.6 Å². The number of aryl methyl sites for hydroxylation is 1. The number of piperazine rings is 2. The molecule has 2 amide bonds. The van der Waals surface area contributed by atoms with Crippen LogP contribution >= 0.6 is 0 Å². The Hall–Kier alpha value is -6.04. The third-order valence-corrected chi connectivity index (χ3v) is 17.5. The number of rotatable bonds is 11. The number of fused-ring (bicyclic) bond motifs is 5. The van der Waals surface area contributed by atoms with Gasteiger partial charge in [-0.2, -0.15) is 15.1 Å². The van der Waals surface area contributed by atoms with E-state index in [2.05, 4.69) is 58.5 Å². The van der Waals surface area contributed by atoms with Gasteiger partial charge in [0.25, 0.3) is 5.91 Å². The number of anilines is 2. The second-order valence-electron chi connectivity index (χ2n) is 22.0. The van der Waals surface area contributed by atoms with Crippen LogP contribution in [0.3, 0.4) is 0 Å². The predicted molar refractivity (Wildman–Crippen MR) is 267 cm³/mol. The number of halogens is 2. The number of pyridine rings is 1. The maximum atomic E-state index is 17.2. The van der Waals surface area contributed by atoms with Crippen molar-refractivity contribution in [2.75, 3.05) is 75.3 Å². The molecule has 3 atom stereocenters. The number of hydrogen-bond donors (Lipinski definition) is 3. The highest BCUT2D eigenvalue weighted by atomic mass is 19.1. The van der Waals surface area contributed by atoms with Crippen molar-refractivity contribution < 1.29 is 28.2 Å². The zero-order valence-electron chi connectivity index (χ0n) is 40.3. The summed E-state index contributed by atoms with van der Waals surface area (Å²) in [5.41, 5.74) is 3.39. The van der Waals surface area contributed by atoms with Gasteiger partial charge in [-0.05, 0) is 135 Å². The minimum absolute atomic E-state index is 0.000579. The topological polar surface area (TPSA) is 157 Å². The summed E-state index contributed by atoms with van der Waals surface area (Å²) >= 11 is 0. The van der Waals surface area contributed by atoms with Crippen LogP contribution in [0.25, 0.3) is 43.8 Å². The molecule has 3 aromatic heterocycles. The summed E-state index contributed by atoms with van der Waals surface area (Å²) in [7, 11) is 0. The van der Waals surface area contributed by atoms with Crippen LogP contribution in [0.15, 0.2) is 54.9 Å². The van der Waals surface area contributed by atoms with Crippen molar-refractivity contribution in [2.24, 2.45) is 10.8 Å². The molecule has 13 rings (SSSR count). The van der Waals surface area contributed by atoms with Gasteiger partial charge in [0, 0.05) is 98.6 Å². The quantitative estimate of drug-likeness (QED) is 0.116.